The van der Waals surface area contributed by atoms with E-state index in [0.717, 1.165) is 64.8 Å². The highest BCUT2D eigenvalue weighted by atomic mass is 32.2. The first kappa shape index (κ1) is 19.9. The third kappa shape index (κ3) is 6.81. The van der Waals surface area contributed by atoms with Crippen molar-refractivity contribution in [1.29, 1.82) is 0 Å². The number of ether oxygens (including phenoxy) is 2. The Kier molecular flexibility index (Phi) is 9.28. The fourth-order valence-electron chi connectivity index (χ4n) is 3.04. The van der Waals surface area contributed by atoms with Gasteiger partial charge >= 0.3 is 0 Å². The largest absolute Gasteiger partial charge is 0.379 e. The Morgan fingerprint density at radius 1 is 1.46 bits per heavy atom. The molecule has 0 aliphatic carbocycles. The molecule has 0 aromatic heterocycles. The molecule has 0 spiro atoms. The van der Waals surface area contributed by atoms with Crippen molar-refractivity contribution in [3.05, 3.63) is 0 Å². The summed E-state index contributed by atoms with van der Waals surface area (Å²) in [5.41, 5.74) is 0. The highest BCUT2D eigenvalue weighted by molar-refractivity contribution is 8.00. The molecule has 24 heavy (non-hydrogen) atoms. The number of guanidine groups is 1. The maximum absolute atomic E-state index is 5.72. The average Bonchev–Trinajstić information content (AvgIpc) is 3.10. The molecule has 5 nitrogen and oxygen atoms in total. The predicted molar refractivity (Wildman–Crippen MR) is 103 cm³/mol. The first-order valence-electron chi connectivity index (χ1n) is 9.55. The maximum atomic E-state index is 5.72. The zero-order valence-electron chi connectivity index (χ0n) is 15.6. The van der Waals surface area contributed by atoms with Gasteiger partial charge in [-0.05, 0) is 32.1 Å². The molecule has 0 bridgehead atoms. The van der Waals surface area contributed by atoms with E-state index < -0.39 is 0 Å². The van der Waals surface area contributed by atoms with Crippen LogP contribution in [-0.2, 0) is 9.47 Å². The summed E-state index contributed by atoms with van der Waals surface area (Å²) >= 11 is 2.10. The molecule has 2 atom stereocenters. The second-order valence-electron chi connectivity index (χ2n) is 6.90. The van der Waals surface area contributed by atoms with Gasteiger partial charge in [0.25, 0.3) is 0 Å². The Morgan fingerprint density at radius 2 is 2.33 bits per heavy atom. The van der Waals surface area contributed by atoms with Gasteiger partial charge in [0.15, 0.2) is 5.96 Å². The van der Waals surface area contributed by atoms with E-state index in [1.807, 2.05) is 0 Å². The number of nitrogens with zero attached hydrogens (tertiary/aromatic N) is 2. The fraction of sp³-hybridized carbons (Fsp3) is 0.944. The van der Waals surface area contributed by atoms with Crippen molar-refractivity contribution < 1.29 is 9.47 Å². The quantitative estimate of drug-likeness (QED) is 0.411. The van der Waals surface area contributed by atoms with Crippen LogP contribution in [-0.4, -0.2) is 74.0 Å². The van der Waals surface area contributed by atoms with Gasteiger partial charge in [-0.2, -0.15) is 11.8 Å². The summed E-state index contributed by atoms with van der Waals surface area (Å²) in [4.78, 5) is 7.24. The molecule has 2 saturated heterocycles. The predicted octanol–water partition coefficient (Wildman–Crippen LogP) is 2.61. The highest BCUT2D eigenvalue weighted by Crippen LogP contribution is 2.24. The average molecular weight is 358 g/mol. The lowest BCUT2D eigenvalue weighted by atomic mass is 10.1. The van der Waals surface area contributed by atoms with Gasteiger partial charge < -0.3 is 19.7 Å². The summed E-state index contributed by atoms with van der Waals surface area (Å²) in [7, 11) is 0. The molecule has 2 heterocycles. The van der Waals surface area contributed by atoms with Gasteiger partial charge in [0.05, 0.1) is 12.7 Å². The molecule has 6 heteroatoms. The molecule has 0 saturated carbocycles. The molecular formula is C18H35N3O2S. The number of nitrogens with one attached hydrogen (secondary N) is 1. The number of hydrogen-bond acceptors (Lipinski definition) is 4. The van der Waals surface area contributed by atoms with E-state index >= 15 is 0 Å². The van der Waals surface area contributed by atoms with Gasteiger partial charge in [0, 0.05) is 50.4 Å². The first-order chi connectivity index (χ1) is 11.7. The number of hydrogen-bond donors (Lipinski definition) is 1. The van der Waals surface area contributed by atoms with Crippen LogP contribution in [0.2, 0.25) is 0 Å². The summed E-state index contributed by atoms with van der Waals surface area (Å²) in [6.45, 7) is 13.1. The van der Waals surface area contributed by atoms with Crippen LogP contribution in [0.4, 0.5) is 0 Å². The van der Waals surface area contributed by atoms with Gasteiger partial charge in [-0.25, -0.2) is 0 Å². The Bertz CT molecular complexity index is 373. The molecule has 2 fully saturated rings. The third-order valence-corrected chi connectivity index (χ3v) is 6.05. The van der Waals surface area contributed by atoms with Crippen molar-refractivity contribution in [2.45, 2.75) is 51.4 Å². The minimum absolute atomic E-state index is 0.324. The molecule has 0 aromatic rings. The van der Waals surface area contributed by atoms with E-state index in [9.17, 15) is 0 Å². The third-order valence-electron chi connectivity index (χ3n) is 4.51. The minimum atomic E-state index is 0.324. The normalized spacial score (nSPS) is 25.5. The smallest absolute Gasteiger partial charge is 0.193 e. The van der Waals surface area contributed by atoms with Gasteiger partial charge in [0.1, 0.15) is 0 Å². The van der Waals surface area contributed by atoms with Gasteiger partial charge in [-0.1, -0.05) is 13.8 Å². The highest BCUT2D eigenvalue weighted by Gasteiger charge is 2.24. The zero-order chi connectivity index (χ0) is 17.2. The SMILES string of the molecule is CCNC(=NCCCOCC1CCCO1)N1CCSC(C(C)C)C1. The molecule has 0 aromatic carbocycles. The molecular weight excluding hydrogens is 322 g/mol. The summed E-state index contributed by atoms with van der Waals surface area (Å²) in [6.07, 6.45) is 3.62. The molecule has 0 radical (unpaired) electrons. The summed E-state index contributed by atoms with van der Waals surface area (Å²) in [5, 5.41) is 4.16. The van der Waals surface area contributed by atoms with Gasteiger partial charge in [-0.15, -0.1) is 0 Å². The van der Waals surface area contributed by atoms with Crippen LogP contribution in [0.25, 0.3) is 0 Å². The molecule has 2 aliphatic heterocycles. The Balaban J connectivity index is 1.69. The Morgan fingerprint density at radius 3 is 3.04 bits per heavy atom. The van der Waals surface area contributed by atoms with E-state index in [1.54, 1.807) is 0 Å². The number of thioether (sulfide) groups is 1. The Hall–Kier alpha value is -0.460. The summed E-state index contributed by atoms with van der Waals surface area (Å²) in [5.74, 6) is 2.98. The van der Waals surface area contributed by atoms with E-state index in [2.05, 4.69) is 42.7 Å². The Labute approximate surface area is 151 Å². The first-order valence-corrected chi connectivity index (χ1v) is 10.6. The molecule has 0 amide bonds. The van der Waals surface area contributed by atoms with Gasteiger partial charge in [0.2, 0.25) is 0 Å². The van der Waals surface area contributed by atoms with Crippen LogP contribution >= 0.6 is 11.8 Å². The van der Waals surface area contributed by atoms with Crippen LogP contribution in [0, 0.1) is 5.92 Å². The van der Waals surface area contributed by atoms with Crippen molar-refractivity contribution in [3.8, 4) is 0 Å². The van der Waals surface area contributed by atoms with Gasteiger partial charge in [-0.3, -0.25) is 4.99 Å². The fourth-order valence-corrected chi connectivity index (χ4v) is 4.34. The lowest BCUT2D eigenvalue weighted by Gasteiger charge is -2.36. The molecule has 1 N–H and O–H groups in total. The van der Waals surface area contributed by atoms with Crippen molar-refractivity contribution >= 4 is 17.7 Å². The van der Waals surface area contributed by atoms with E-state index in [0.29, 0.717) is 17.3 Å². The topological polar surface area (TPSA) is 46.1 Å². The van der Waals surface area contributed by atoms with E-state index in [-0.39, 0.29) is 0 Å². The standard InChI is InChI=1S/C18H35N3O2S/c1-4-19-18(21-9-12-24-17(13-21)15(2)3)20-8-6-10-22-14-16-7-5-11-23-16/h15-17H,4-14H2,1-3H3,(H,19,20). The monoisotopic (exact) mass is 357 g/mol. The van der Waals surface area contributed by atoms with Crippen molar-refractivity contribution in [2.24, 2.45) is 10.9 Å². The lowest BCUT2D eigenvalue weighted by molar-refractivity contribution is 0.0170. The van der Waals surface area contributed by atoms with Crippen LogP contribution in [0.15, 0.2) is 4.99 Å². The molecule has 2 unspecified atom stereocenters. The van der Waals surface area contributed by atoms with E-state index in [4.69, 9.17) is 14.5 Å². The summed E-state index contributed by atoms with van der Waals surface area (Å²) < 4.78 is 11.3. The minimum Gasteiger partial charge on any atom is -0.379 e. The van der Waals surface area contributed by atoms with Crippen LogP contribution in [0.1, 0.15) is 40.0 Å². The van der Waals surface area contributed by atoms with Crippen molar-refractivity contribution in [2.75, 3.05) is 51.8 Å². The second kappa shape index (κ2) is 11.2. The lowest BCUT2D eigenvalue weighted by Crippen LogP contribution is -2.49. The van der Waals surface area contributed by atoms with Crippen molar-refractivity contribution in [1.82, 2.24) is 10.2 Å². The van der Waals surface area contributed by atoms with Crippen LogP contribution in [0.3, 0.4) is 0 Å². The van der Waals surface area contributed by atoms with Crippen LogP contribution < -0.4 is 5.32 Å². The molecule has 2 rings (SSSR count). The maximum Gasteiger partial charge on any atom is 0.193 e. The number of aliphatic imine (C=N–C) groups is 1. The summed E-state index contributed by atoms with van der Waals surface area (Å²) in [6, 6.07) is 0. The molecule has 2 aliphatic rings. The van der Waals surface area contributed by atoms with Crippen LogP contribution in [0.5, 0.6) is 0 Å². The van der Waals surface area contributed by atoms with E-state index in [1.165, 1.54) is 12.2 Å². The molecule has 140 valence electrons. The second-order valence-corrected chi connectivity index (χ2v) is 8.25. The van der Waals surface area contributed by atoms with Crippen molar-refractivity contribution in [3.63, 3.8) is 0 Å². The zero-order valence-corrected chi connectivity index (χ0v) is 16.4. The number of rotatable bonds is 8.